The van der Waals surface area contributed by atoms with Gasteiger partial charge in [0.25, 0.3) is 0 Å². The highest BCUT2D eigenvalue weighted by Gasteiger charge is 2.46. The van der Waals surface area contributed by atoms with E-state index in [9.17, 15) is 0 Å². The zero-order chi connectivity index (χ0) is 12.8. The van der Waals surface area contributed by atoms with E-state index < -0.39 is 0 Å². The third-order valence-electron chi connectivity index (χ3n) is 4.41. The first-order valence-corrected chi connectivity index (χ1v) is 7.63. The van der Waals surface area contributed by atoms with E-state index in [4.69, 9.17) is 0 Å². The second-order valence-corrected chi connectivity index (χ2v) is 7.15. The van der Waals surface area contributed by atoms with Gasteiger partial charge in [0, 0.05) is 29.3 Å². The van der Waals surface area contributed by atoms with Crippen molar-refractivity contribution in [3.05, 3.63) is 28.7 Å². The highest BCUT2D eigenvalue weighted by atomic mass is 79.9. The Hall–Kier alpha value is -0.540. The molecule has 2 aliphatic heterocycles. The van der Waals surface area contributed by atoms with Crippen LogP contribution in [0.25, 0.3) is 0 Å². The number of hydrogen-bond donors (Lipinski definition) is 1. The van der Waals surface area contributed by atoms with Crippen LogP contribution in [0.2, 0.25) is 0 Å². The second kappa shape index (κ2) is 4.53. The summed E-state index contributed by atoms with van der Waals surface area (Å²) in [5, 5.41) is 3.71. The van der Waals surface area contributed by atoms with E-state index in [0.717, 1.165) is 11.0 Å². The van der Waals surface area contributed by atoms with E-state index in [2.05, 4.69) is 64.3 Å². The van der Waals surface area contributed by atoms with Gasteiger partial charge in [-0.25, -0.2) is 0 Å². The molecule has 18 heavy (non-hydrogen) atoms. The first kappa shape index (κ1) is 12.5. The van der Waals surface area contributed by atoms with E-state index >= 15 is 0 Å². The summed E-state index contributed by atoms with van der Waals surface area (Å²) in [4.78, 5) is 2.61. The average Bonchev–Trinajstić information content (AvgIpc) is 2.67. The third-order valence-corrected chi connectivity index (χ3v) is 4.94. The van der Waals surface area contributed by atoms with Crippen molar-refractivity contribution >= 4 is 21.6 Å². The van der Waals surface area contributed by atoms with Crippen LogP contribution >= 0.6 is 15.9 Å². The number of nitrogens with zero attached hydrogens (tertiary/aromatic N) is 1. The number of rotatable bonds is 1. The lowest BCUT2D eigenvalue weighted by Gasteiger charge is -2.44. The summed E-state index contributed by atoms with van der Waals surface area (Å²) in [5.41, 5.74) is 1.72. The van der Waals surface area contributed by atoms with Crippen LogP contribution in [-0.2, 0) is 0 Å². The van der Waals surface area contributed by atoms with Gasteiger partial charge in [-0.05, 0) is 42.5 Å². The molecule has 0 bridgehead atoms. The first-order chi connectivity index (χ1) is 8.58. The van der Waals surface area contributed by atoms with Crippen LogP contribution < -0.4 is 10.2 Å². The monoisotopic (exact) mass is 308 g/mol. The van der Waals surface area contributed by atoms with Crippen molar-refractivity contribution in [1.82, 2.24) is 5.32 Å². The number of halogens is 1. The van der Waals surface area contributed by atoms with Crippen molar-refractivity contribution in [2.75, 3.05) is 18.0 Å². The maximum Gasteiger partial charge on any atom is 0.0506 e. The molecule has 0 spiro atoms. The van der Waals surface area contributed by atoms with Gasteiger partial charge in [0.05, 0.1) is 6.04 Å². The van der Waals surface area contributed by atoms with E-state index in [1.165, 1.54) is 25.1 Å². The highest BCUT2D eigenvalue weighted by molar-refractivity contribution is 9.10. The van der Waals surface area contributed by atoms with Gasteiger partial charge < -0.3 is 10.2 Å². The average molecular weight is 309 g/mol. The summed E-state index contributed by atoms with van der Waals surface area (Å²) < 4.78 is 1.16. The summed E-state index contributed by atoms with van der Waals surface area (Å²) >= 11 is 3.52. The number of benzene rings is 1. The number of fused-ring (bicyclic) bond motifs is 1. The minimum Gasteiger partial charge on any atom is -0.366 e. The molecule has 2 saturated heterocycles. The molecule has 2 unspecified atom stereocenters. The third kappa shape index (κ3) is 2.08. The zero-order valence-electron chi connectivity index (χ0n) is 11.1. The van der Waals surface area contributed by atoms with Crippen LogP contribution in [0.15, 0.2) is 28.7 Å². The summed E-state index contributed by atoms with van der Waals surface area (Å²) in [6.45, 7) is 7.10. The number of anilines is 1. The van der Waals surface area contributed by atoms with Crippen molar-refractivity contribution in [1.29, 1.82) is 0 Å². The molecular formula is C15H21BrN2. The Bertz CT molecular complexity index is 427. The lowest BCUT2D eigenvalue weighted by Crippen LogP contribution is -2.53. The molecule has 0 aromatic heterocycles. The molecule has 2 heterocycles. The fourth-order valence-electron chi connectivity index (χ4n) is 3.60. The van der Waals surface area contributed by atoms with Gasteiger partial charge >= 0.3 is 0 Å². The number of hydrogen-bond acceptors (Lipinski definition) is 2. The molecule has 0 aliphatic carbocycles. The lowest BCUT2D eigenvalue weighted by atomic mass is 9.80. The number of nitrogens with one attached hydrogen (secondary N) is 1. The van der Waals surface area contributed by atoms with Gasteiger partial charge in [0.2, 0.25) is 0 Å². The van der Waals surface area contributed by atoms with Gasteiger partial charge in [-0.1, -0.05) is 29.8 Å². The van der Waals surface area contributed by atoms with Gasteiger partial charge in [-0.15, -0.1) is 0 Å². The Labute approximate surface area is 118 Å². The largest absolute Gasteiger partial charge is 0.366 e. The van der Waals surface area contributed by atoms with Crippen LogP contribution in [-0.4, -0.2) is 25.2 Å². The van der Waals surface area contributed by atoms with Gasteiger partial charge in [0.15, 0.2) is 0 Å². The molecule has 1 aromatic rings. The second-order valence-electron chi connectivity index (χ2n) is 6.23. The summed E-state index contributed by atoms with van der Waals surface area (Å²) in [5.74, 6) is 0. The first-order valence-electron chi connectivity index (χ1n) is 6.83. The molecule has 1 aromatic carbocycles. The fourth-order valence-corrected chi connectivity index (χ4v) is 3.86. The van der Waals surface area contributed by atoms with Crippen molar-refractivity contribution in [3.63, 3.8) is 0 Å². The molecule has 98 valence electrons. The minimum absolute atomic E-state index is 0.359. The Morgan fingerprint density at radius 3 is 2.72 bits per heavy atom. The molecule has 2 atom stereocenters. The molecule has 2 fully saturated rings. The van der Waals surface area contributed by atoms with Crippen LogP contribution in [0.5, 0.6) is 0 Å². The Balaban J connectivity index is 1.92. The summed E-state index contributed by atoms with van der Waals surface area (Å²) in [6, 6.07) is 10.1. The maximum atomic E-state index is 3.71. The van der Waals surface area contributed by atoms with E-state index in [-0.39, 0.29) is 0 Å². The molecule has 0 radical (unpaired) electrons. The quantitative estimate of drug-likeness (QED) is 0.855. The summed E-state index contributed by atoms with van der Waals surface area (Å²) in [7, 11) is 0. The van der Waals surface area contributed by atoms with E-state index in [0.29, 0.717) is 17.5 Å². The fraction of sp³-hybridized carbons (Fsp3) is 0.600. The van der Waals surface area contributed by atoms with Crippen molar-refractivity contribution in [2.45, 2.75) is 38.8 Å². The molecule has 0 amide bonds. The van der Waals surface area contributed by atoms with Crippen LogP contribution in [0.1, 0.15) is 26.7 Å². The topological polar surface area (TPSA) is 15.3 Å². The van der Waals surface area contributed by atoms with Crippen LogP contribution in [0.3, 0.4) is 0 Å². The highest BCUT2D eigenvalue weighted by Crippen LogP contribution is 2.39. The molecule has 3 heteroatoms. The predicted octanol–water partition coefficient (Wildman–Crippen LogP) is 3.42. The van der Waals surface area contributed by atoms with Crippen molar-refractivity contribution < 1.29 is 0 Å². The Morgan fingerprint density at radius 2 is 2.00 bits per heavy atom. The molecule has 3 rings (SSSR count). The maximum absolute atomic E-state index is 3.71. The van der Waals surface area contributed by atoms with Crippen molar-refractivity contribution in [3.8, 4) is 0 Å². The van der Waals surface area contributed by atoms with Gasteiger partial charge in [-0.2, -0.15) is 0 Å². The lowest BCUT2D eigenvalue weighted by molar-refractivity contribution is 0.291. The number of piperidine rings is 1. The van der Waals surface area contributed by atoms with Crippen LogP contribution in [0, 0.1) is 5.41 Å². The zero-order valence-corrected chi connectivity index (χ0v) is 12.7. The smallest absolute Gasteiger partial charge is 0.0506 e. The van der Waals surface area contributed by atoms with Crippen molar-refractivity contribution in [2.24, 2.45) is 5.41 Å². The molecular weight excluding hydrogens is 288 g/mol. The van der Waals surface area contributed by atoms with Gasteiger partial charge in [0.1, 0.15) is 0 Å². The Morgan fingerprint density at radius 1 is 1.28 bits per heavy atom. The summed E-state index contributed by atoms with van der Waals surface area (Å²) in [6.07, 6.45) is 2.61. The normalized spacial score (nSPS) is 30.3. The van der Waals surface area contributed by atoms with E-state index in [1.54, 1.807) is 0 Å². The SMILES string of the molecule is CC1(C)CNC2CCCN(c3ccc(Br)cc3)C21. The molecule has 1 N–H and O–H groups in total. The predicted molar refractivity (Wildman–Crippen MR) is 80.1 cm³/mol. The minimum atomic E-state index is 0.359. The standard InChI is InChI=1S/C15H21BrN2/c1-15(2)10-17-13-4-3-9-18(14(13)15)12-7-5-11(16)6-8-12/h5-8,13-14,17H,3-4,9-10H2,1-2H3. The molecule has 0 saturated carbocycles. The molecule has 2 aliphatic rings. The van der Waals surface area contributed by atoms with Gasteiger partial charge in [-0.3, -0.25) is 0 Å². The van der Waals surface area contributed by atoms with E-state index in [1.807, 2.05) is 0 Å². The Kier molecular flexibility index (Phi) is 3.15. The van der Waals surface area contributed by atoms with Crippen LogP contribution in [0.4, 0.5) is 5.69 Å². The molecule has 2 nitrogen and oxygen atoms in total.